The fraction of sp³-hybridized carbons (Fsp3) is 0. The summed E-state index contributed by atoms with van der Waals surface area (Å²) in [6, 6.07) is 18.5. The summed E-state index contributed by atoms with van der Waals surface area (Å²) >= 11 is 9.26. The molecule has 3 aromatic rings. The second-order valence-electron chi connectivity index (χ2n) is 4.96. The van der Waals surface area contributed by atoms with Gasteiger partial charge in [-0.3, -0.25) is 4.79 Å². The molecule has 2 aromatic carbocycles. The zero-order chi connectivity index (χ0) is 16.9. The van der Waals surface area contributed by atoms with Crippen LogP contribution in [0.2, 0.25) is 5.02 Å². The van der Waals surface area contributed by atoms with E-state index in [1.54, 1.807) is 18.3 Å². The summed E-state index contributed by atoms with van der Waals surface area (Å²) in [5.74, 6) is -0.275. The fourth-order valence-electron chi connectivity index (χ4n) is 2.20. The summed E-state index contributed by atoms with van der Waals surface area (Å²) in [6.45, 7) is 0. The minimum Gasteiger partial charge on any atom is -0.316 e. The number of carbonyl (C=O) groups is 1. The molecule has 0 bridgehead atoms. The van der Waals surface area contributed by atoms with Gasteiger partial charge in [-0.2, -0.15) is 5.10 Å². The molecule has 0 saturated carbocycles. The summed E-state index contributed by atoms with van der Waals surface area (Å²) in [5, 5.41) is 4.72. The second kappa shape index (κ2) is 7.47. The molecular weight excluding hydrogens is 390 g/mol. The van der Waals surface area contributed by atoms with E-state index in [0.717, 1.165) is 15.9 Å². The number of hydrogen-bond donors (Lipinski definition) is 1. The van der Waals surface area contributed by atoms with E-state index in [-0.39, 0.29) is 5.91 Å². The maximum atomic E-state index is 12.1. The van der Waals surface area contributed by atoms with Crippen LogP contribution < -0.4 is 5.43 Å². The average Bonchev–Trinajstić information content (AvgIpc) is 3.04. The number of halogens is 2. The predicted molar refractivity (Wildman–Crippen MR) is 100.0 cm³/mol. The number of rotatable bonds is 4. The summed E-state index contributed by atoms with van der Waals surface area (Å²) in [4.78, 5) is 12.1. The lowest BCUT2D eigenvalue weighted by Crippen LogP contribution is -2.18. The van der Waals surface area contributed by atoms with Crippen molar-refractivity contribution in [1.29, 1.82) is 0 Å². The third-order valence-electron chi connectivity index (χ3n) is 3.37. The molecule has 1 amide bonds. The van der Waals surface area contributed by atoms with Gasteiger partial charge in [0.25, 0.3) is 5.91 Å². The fourth-order valence-corrected chi connectivity index (χ4v) is 2.79. The Morgan fingerprint density at radius 3 is 2.58 bits per heavy atom. The van der Waals surface area contributed by atoms with Gasteiger partial charge in [0.2, 0.25) is 0 Å². The molecular formula is C18H13BrClN3O. The Bertz CT molecular complexity index is 887. The van der Waals surface area contributed by atoms with Gasteiger partial charge in [-0.1, -0.05) is 23.7 Å². The van der Waals surface area contributed by atoms with Crippen LogP contribution in [0.5, 0.6) is 0 Å². The molecule has 0 aliphatic heterocycles. The molecule has 1 heterocycles. The highest BCUT2D eigenvalue weighted by atomic mass is 79.9. The summed E-state index contributed by atoms with van der Waals surface area (Å²) < 4.78 is 2.67. The van der Waals surface area contributed by atoms with Gasteiger partial charge in [-0.25, -0.2) is 5.43 Å². The first-order valence-corrected chi connectivity index (χ1v) is 8.33. The molecule has 24 heavy (non-hydrogen) atoms. The van der Waals surface area contributed by atoms with E-state index in [9.17, 15) is 4.79 Å². The first-order chi connectivity index (χ1) is 11.6. The van der Waals surface area contributed by atoms with Crippen LogP contribution in [-0.2, 0) is 0 Å². The van der Waals surface area contributed by atoms with Crippen molar-refractivity contribution in [2.24, 2.45) is 5.10 Å². The van der Waals surface area contributed by atoms with Crippen molar-refractivity contribution in [3.05, 3.63) is 87.6 Å². The van der Waals surface area contributed by atoms with Crippen LogP contribution in [-0.4, -0.2) is 16.7 Å². The predicted octanol–water partition coefficient (Wildman–Crippen LogP) is 4.66. The maximum absolute atomic E-state index is 12.1. The Kier molecular flexibility index (Phi) is 5.13. The number of hydrogen-bond acceptors (Lipinski definition) is 2. The topological polar surface area (TPSA) is 46.4 Å². The van der Waals surface area contributed by atoms with E-state index < -0.39 is 0 Å². The molecule has 6 heteroatoms. The van der Waals surface area contributed by atoms with Crippen molar-refractivity contribution in [3.63, 3.8) is 0 Å². The molecule has 0 fully saturated rings. The summed E-state index contributed by atoms with van der Waals surface area (Å²) in [6.07, 6.45) is 3.52. The smallest absolute Gasteiger partial charge is 0.272 e. The van der Waals surface area contributed by atoms with Crippen molar-refractivity contribution in [2.45, 2.75) is 0 Å². The molecule has 3 rings (SSSR count). The largest absolute Gasteiger partial charge is 0.316 e. The van der Waals surface area contributed by atoms with Gasteiger partial charge < -0.3 is 4.57 Å². The molecule has 0 radical (unpaired) electrons. The van der Waals surface area contributed by atoms with Gasteiger partial charge in [-0.15, -0.1) is 0 Å². The minimum absolute atomic E-state index is 0.275. The number of benzene rings is 2. The lowest BCUT2D eigenvalue weighted by molar-refractivity contribution is 0.0954. The Balaban J connectivity index is 1.74. The zero-order valence-corrected chi connectivity index (χ0v) is 14.8. The van der Waals surface area contributed by atoms with Gasteiger partial charge in [-0.05, 0) is 64.5 Å². The van der Waals surface area contributed by atoms with Crippen LogP contribution in [0.4, 0.5) is 0 Å². The van der Waals surface area contributed by atoms with Gasteiger partial charge in [0, 0.05) is 21.4 Å². The highest BCUT2D eigenvalue weighted by Gasteiger charge is 2.07. The Labute approximate surface area is 152 Å². The molecule has 0 aliphatic rings. The molecule has 4 nitrogen and oxygen atoms in total. The lowest BCUT2D eigenvalue weighted by Gasteiger charge is -2.06. The molecule has 0 unspecified atom stereocenters. The Morgan fingerprint density at radius 2 is 1.83 bits per heavy atom. The second-order valence-corrected chi connectivity index (χ2v) is 6.25. The third-order valence-corrected chi connectivity index (χ3v) is 4.31. The SMILES string of the molecule is O=C(NN=Cc1cccn1-c1ccc(Cl)cc1)c1ccccc1Br. The number of nitrogens with zero attached hydrogens (tertiary/aromatic N) is 2. The molecule has 0 aliphatic carbocycles. The van der Waals surface area contributed by atoms with E-state index in [1.165, 1.54) is 0 Å². The van der Waals surface area contributed by atoms with Crippen LogP contribution in [0.1, 0.15) is 16.1 Å². The van der Waals surface area contributed by atoms with E-state index in [2.05, 4.69) is 26.5 Å². The van der Waals surface area contributed by atoms with Crippen LogP contribution in [0, 0.1) is 0 Å². The van der Waals surface area contributed by atoms with Gasteiger partial charge in [0.15, 0.2) is 0 Å². The maximum Gasteiger partial charge on any atom is 0.272 e. The molecule has 1 N–H and O–H groups in total. The van der Waals surface area contributed by atoms with Gasteiger partial charge >= 0.3 is 0 Å². The molecule has 0 saturated heterocycles. The molecule has 1 aromatic heterocycles. The monoisotopic (exact) mass is 401 g/mol. The highest BCUT2D eigenvalue weighted by Crippen LogP contribution is 2.16. The lowest BCUT2D eigenvalue weighted by atomic mass is 10.2. The minimum atomic E-state index is -0.275. The van der Waals surface area contributed by atoms with Crippen molar-refractivity contribution in [1.82, 2.24) is 9.99 Å². The third kappa shape index (κ3) is 3.75. The van der Waals surface area contributed by atoms with E-state index in [4.69, 9.17) is 11.6 Å². The van der Waals surface area contributed by atoms with Crippen LogP contribution >= 0.6 is 27.5 Å². The average molecular weight is 403 g/mol. The van der Waals surface area contributed by atoms with E-state index in [1.807, 2.05) is 59.3 Å². The normalized spacial score (nSPS) is 10.9. The first-order valence-electron chi connectivity index (χ1n) is 7.16. The number of nitrogens with one attached hydrogen (secondary N) is 1. The van der Waals surface area contributed by atoms with Gasteiger partial charge in [0.05, 0.1) is 17.5 Å². The molecule has 120 valence electrons. The number of carbonyl (C=O) groups excluding carboxylic acids is 1. The van der Waals surface area contributed by atoms with Crippen LogP contribution in [0.25, 0.3) is 5.69 Å². The van der Waals surface area contributed by atoms with Crippen molar-refractivity contribution in [3.8, 4) is 5.69 Å². The highest BCUT2D eigenvalue weighted by molar-refractivity contribution is 9.10. The first kappa shape index (κ1) is 16.5. The Morgan fingerprint density at radius 1 is 1.08 bits per heavy atom. The van der Waals surface area contributed by atoms with Crippen molar-refractivity contribution < 1.29 is 4.79 Å². The van der Waals surface area contributed by atoms with E-state index in [0.29, 0.717) is 10.6 Å². The van der Waals surface area contributed by atoms with Gasteiger partial charge in [0.1, 0.15) is 0 Å². The van der Waals surface area contributed by atoms with Crippen molar-refractivity contribution >= 4 is 39.7 Å². The zero-order valence-electron chi connectivity index (χ0n) is 12.5. The quantitative estimate of drug-likeness (QED) is 0.501. The summed E-state index contributed by atoms with van der Waals surface area (Å²) in [5.41, 5.74) is 4.86. The number of amides is 1. The number of hydrazone groups is 1. The van der Waals surface area contributed by atoms with Crippen LogP contribution in [0.3, 0.4) is 0 Å². The van der Waals surface area contributed by atoms with Crippen LogP contribution in [0.15, 0.2) is 76.4 Å². The number of aromatic nitrogens is 1. The molecule has 0 atom stereocenters. The van der Waals surface area contributed by atoms with E-state index >= 15 is 0 Å². The standard InChI is InChI=1S/C18H13BrClN3O/c19-17-6-2-1-5-16(17)18(24)22-21-12-15-4-3-11-23(15)14-9-7-13(20)8-10-14/h1-12H,(H,22,24). The summed E-state index contributed by atoms with van der Waals surface area (Å²) in [7, 11) is 0. The Hall–Kier alpha value is -2.37. The molecule has 0 spiro atoms. The van der Waals surface area contributed by atoms with Crippen molar-refractivity contribution in [2.75, 3.05) is 0 Å².